The van der Waals surface area contributed by atoms with E-state index in [0.29, 0.717) is 6.61 Å². The molecule has 2 aromatic heterocycles. The van der Waals surface area contributed by atoms with Gasteiger partial charge in [0.05, 0.1) is 12.1 Å². The molecule has 1 atom stereocenters. The van der Waals surface area contributed by atoms with E-state index in [1.54, 1.807) is 0 Å². The lowest BCUT2D eigenvalue weighted by Gasteiger charge is -2.26. The number of anilines is 3. The van der Waals surface area contributed by atoms with E-state index in [4.69, 9.17) is 14.7 Å². The van der Waals surface area contributed by atoms with Gasteiger partial charge in [-0.2, -0.15) is 0 Å². The summed E-state index contributed by atoms with van der Waals surface area (Å²) in [6.07, 6.45) is 4.98. The predicted octanol–water partition coefficient (Wildman–Crippen LogP) is 4.92. The molecular formula is C24H31N5O. The number of pyridine rings is 1. The summed E-state index contributed by atoms with van der Waals surface area (Å²) in [6.45, 7) is 7.92. The third-order valence-electron chi connectivity index (χ3n) is 5.64. The molecule has 1 aromatic carbocycles. The average Bonchev–Trinajstić information content (AvgIpc) is 3.33. The quantitative estimate of drug-likeness (QED) is 0.530. The Balaban J connectivity index is 1.82. The van der Waals surface area contributed by atoms with Crippen molar-refractivity contribution in [3.05, 3.63) is 48.4 Å². The lowest BCUT2D eigenvalue weighted by Crippen LogP contribution is -2.27. The first kappa shape index (κ1) is 20.5. The standard InChI is InChI=1S/C24H31N5O/c1-4-13-29(14-5-2)24-20-16-19(28(3)22-8-6-7-12-25-22)9-10-21(20)26-23(27-24)18-11-15-30-17-18/h6-10,12,16,18H,4-5,11,13-15,17H2,1-3H3. The van der Waals surface area contributed by atoms with Crippen LogP contribution in [0.5, 0.6) is 0 Å². The molecule has 1 saturated heterocycles. The summed E-state index contributed by atoms with van der Waals surface area (Å²) in [5, 5.41) is 1.10. The van der Waals surface area contributed by atoms with Crippen molar-refractivity contribution in [1.82, 2.24) is 15.0 Å². The molecule has 0 bridgehead atoms. The second-order valence-electron chi connectivity index (χ2n) is 7.90. The Morgan fingerprint density at radius 2 is 1.90 bits per heavy atom. The maximum absolute atomic E-state index is 5.61. The van der Waals surface area contributed by atoms with Crippen LogP contribution in [0.25, 0.3) is 10.9 Å². The normalized spacial score (nSPS) is 16.2. The minimum atomic E-state index is 0.286. The van der Waals surface area contributed by atoms with Gasteiger partial charge < -0.3 is 14.5 Å². The monoisotopic (exact) mass is 405 g/mol. The molecule has 3 aromatic rings. The molecule has 1 fully saturated rings. The molecule has 1 unspecified atom stereocenters. The van der Waals surface area contributed by atoms with Crippen LogP contribution in [0.1, 0.15) is 44.9 Å². The molecule has 0 amide bonds. The Kier molecular flexibility index (Phi) is 6.43. The summed E-state index contributed by atoms with van der Waals surface area (Å²) in [5.74, 6) is 3.16. The summed E-state index contributed by atoms with van der Waals surface area (Å²) in [7, 11) is 2.05. The Morgan fingerprint density at radius 3 is 2.57 bits per heavy atom. The highest BCUT2D eigenvalue weighted by Gasteiger charge is 2.24. The van der Waals surface area contributed by atoms with Crippen molar-refractivity contribution in [2.45, 2.75) is 39.0 Å². The van der Waals surface area contributed by atoms with Gasteiger partial charge in [-0.3, -0.25) is 0 Å². The number of benzene rings is 1. The van der Waals surface area contributed by atoms with Gasteiger partial charge in [-0.05, 0) is 49.6 Å². The van der Waals surface area contributed by atoms with Gasteiger partial charge >= 0.3 is 0 Å². The van der Waals surface area contributed by atoms with Crippen molar-refractivity contribution in [2.75, 3.05) is 43.2 Å². The molecule has 0 saturated carbocycles. The summed E-state index contributed by atoms with van der Waals surface area (Å²) >= 11 is 0. The van der Waals surface area contributed by atoms with Crippen LogP contribution in [0, 0.1) is 0 Å². The van der Waals surface area contributed by atoms with E-state index in [9.17, 15) is 0 Å². The molecule has 1 aliphatic rings. The lowest BCUT2D eigenvalue weighted by atomic mass is 10.1. The zero-order valence-corrected chi connectivity index (χ0v) is 18.2. The predicted molar refractivity (Wildman–Crippen MR) is 123 cm³/mol. The highest BCUT2D eigenvalue weighted by atomic mass is 16.5. The van der Waals surface area contributed by atoms with E-state index in [2.05, 4.69) is 46.8 Å². The van der Waals surface area contributed by atoms with Crippen LogP contribution in [-0.4, -0.2) is 48.3 Å². The lowest BCUT2D eigenvalue weighted by molar-refractivity contribution is 0.193. The third-order valence-corrected chi connectivity index (χ3v) is 5.64. The highest BCUT2D eigenvalue weighted by molar-refractivity contribution is 5.92. The zero-order chi connectivity index (χ0) is 20.9. The van der Waals surface area contributed by atoms with Crippen molar-refractivity contribution < 1.29 is 4.74 Å². The molecule has 0 N–H and O–H groups in total. The number of hydrogen-bond acceptors (Lipinski definition) is 6. The Morgan fingerprint density at radius 1 is 1.07 bits per heavy atom. The first-order chi connectivity index (χ1) is 14.7. The number of fused-ring (bicyclic) bond motifs is 1. The summed E-state index contributed by atoms with van der Waals surface area (Å²) < 4.78 is 5.61. The molecule has 3 heterocycles. The molecule has 158 valence electrons. The van der Waals surface area contributed by atoms with Crippen LogP contribution in [0.4, 0.5) is 17.3 Å². The van der Waals surface area contributed by atoms with Gasteiger partial charge in [0.2, 0.25) is 0 Å². The molecule has 6 nitrogen and oxygen atoms in total. The van der Waals surface area contributed by atoms with E-state index in [1.165, 1.54) is 0 Å². The summed E-state index contributed by atoms with van der Waals surface area (Å²) in [4.78, 5) is 19.0. The fraction of sp³-hybridized carbons (Fsp3) is 0.458. The van der Waals surface area contributed by atoms with Gasteiger partial charge in [0, 0.05) is 49.9 Å². The van der Waals surface area contributed by atoms with Crippen molar-refractivity contribution in [1.29, 1.82) is 0 Å². The van der Waals surface area contributed by atoms with Crippen LogP contribution in [-0.2, 0) is 4.74 Å². The molecule has 1 aliphatic heterocycles. The molecule has 4 rings (SSSR count). The molecule has 30 heavy (non-hydrogen) atoms. The maximum Gasteiger partial charge on any atom is 0.140 e. The fourth-order valence-corrected chi connectivity index (χ4v) is 4.04. The molecule has 0 aliphatic carbocycles. The van der Waals surface area contributed by atoms with E-state index >= 15 is 0 Å². The smallest absolute Gasteiger partial charge is 0.140 e. The number of nitrogens with zero attached hydrogens (tertiary/aromatic N) is 5. The van der Waals surface area contributed by atoms with Crippen molar-refractivity contribution in [3.8, 4) is 0 Å². The van der Waals surface area contributed by atoms with E-state index in [1.807, 2.05) is 31.4 Å². The Bertz CT molecular complexity index is 966. The van der Waals surface area contributed by atoms with Crippen molar-refractivity contribution in [3.63, 3.8) is 0 Å². The van der Waals surface area contributed by atoms with Crippen molar-refractivity contribution in [2.24, 2.45) is 0 Å². The van der Waals surface area contributed by atoms with Crippen LogP contribution in [0.3, 0.4) is 0 Å². The largest absolute Gasteiger partial charge is 0.381 e. The highest BCUT2D eigenvalue weighted by Crippen LogP contribution is 2.33. The zero-order valence-electron chi connectivity index (χ0n) is 18.2. The second-order valence-corrected chi connectivity index (χ2v) is 7.90. The minimum absolute atomic E-state index is 0.286. The molecule has 0 spiro atoms. The van der Waals surface area contributed by atoms with Gasteiger partial charge in [0.15, 0.2) is 0 Å². The first-order valence-electron chi connectivity index (χ1n) is 11.0. The van der Waals surface area contributed by atoms with E-state index in [0.717, 1.165) is 73.0 Å². The van der Waals surface area contributed by atoms with Gasteiger partial charge in [-0.1, -0.05) is 19.9 Å². The van der Waals surface area contributed by atoms with Crippen molar-refractivity contribution >= 4 is 28.2 Å². The average molecular weight is 406 g/mol. The maximum atomic E-state index is 5.61. The molecular weight excluding hydrogens is 374 g/mol. The molecule has 6 heteroatoms. The van der Waals surface area contributed by atoms with E-state index < -0.39 is 0 Å². The van der Waals surface area contributed by atoms with E-state index in [-0.39, 0.29) is 5.92 Å². The summed E-state index contributed by atoms with van der Waals surface area (Å²) in [5.41, 5.74) is 2.08. The summed E-state index contributed by atoms with van der Waals surface area (Å²) in [6, 6.07) is 12.4. The van der Waals surface area contributed by atoms with Gasteiger partial charge in [-0.25, -0.2) is 15.0 Å². The van der Waals surface area contributed by atoms with Crippen LogP contribution >= 0.6 is 0 Å². The number of ether oxygens (including phenoxy) is 1. The van der Waals surface area contributed by atoms with Crippen LogP contribution < -0.4 is 9.80 Å². The Labute approximate surface area is 178 Å². The Hall–Kier alpha value is -2.73. The number of hydrogen-bond donors (Lipinski definition) is 0. The van der Waals surface area contributed by atoms with Gasteiger partial charge in [0.1, 0.15) is 17.5 Å². The third kappa shape index (κ3) is 4.24. The van der Waals surface area contributed by atoms with Gasteiger partial charge in [-0.15, -0.1) is 0 Å². The first-order valence-corrected chi connectivity index (χ1v) is 11.0. The second kappa shape index (κ2) is 9.39. The van der Waals surface area contributed by atoms with Crippen LogP contribution in [0.15, 0.2) is 42.6 Å². The SMILES string of the molecule is CCCN(CCC)c1nc(C2CCOC2)nc2ccc(N(C)c3ccccn3)cc12. The topological polar surface area (TPSA) is 54.4 Å². The van der Waals surface area contributed by atoms with Gasteiger partial charge in [0.25, 0.3) is 0 Å². The minimum Gasteiger partial charge on any atom is -0.381 e. The molecule has 0 radical (unpaired) electrons. The fourth-order valence-electron chi connectivity index (χ4n) is 4.04. The number of aromatic nitrogens is 3. The number of rotatable bonds is 8. The van der Waals surface area contributed by atoms with Crippen LogP contribution in [0.2, 0.25) is 0 Å².